The van der Waals surface area contributed by atoms with Gasteiger partial charge in [-0.3, -0.25) is 9.59 Å². The second-order valence-corrected chi connectivity index (χ2v) is 5.57. The SMILES string of the molecule is CCCCC(=O)Nc1ccc(C(=O)Nc2cccc(C(=O)O)c2)cc1. The summed E-state index contributed by atoms with van der Waals surface area (Å²) in [5.74, 6) is -1.46. The maximum Gasteiger partial charge on any atom is 0.335 e. The summed E-state index contributed by atoms with van der Waals surface area (Å²) in [5.41, 5.74) is 1.54. The molecular formula is C19H20N2O4. The van der Waals surface area contributed by atoms with Crippen LogP contribution in [0.2, 0.25) is 0 Å². The van der Waals surface area contributed by atoms with Crippen molar-refractivity contribution in [1.82, 2.24) is 0 Å². The number of carboxylic acids is 1. The first-order valence-corrected chi connectivity index (χ1v) is 8.04. The highest BCUT2D eigenvalue weighted by atomic mass is 16.4. The van der Waals surface area contributed by atoms with E-state index in [0.717, 1.165) is 12.8 Å². The van der Waals surface area contributed by atoms with Crippen molar-refractivity contribution in [3.63, 3.8) is 0 Å². The standard InChI is InChI=1S/C19H20N2O4/c1-2-3-7-17(22)20-15-10-8-13(9-11-15)18(23)21-16-6-4-5-14(12-16)19(24)25/h4-6,8-12H,2-3,7H2,1H3,(H,20,22)(H,21,23)(H,24,25). The molecule has 2 rings (SSSR count). The van der Waals surface area contributed by atoms with Crippen LogP contribution in [0.5, 0.6) is 0 Å². The zero-order valence-electron chi connectivity index (χ0n) is 13.9. The van der Waals surface area contributed by atoms with E-state index < -0.39 is 5.97 Å². The van der Waals surface area contributed by atoms with Gasteiger partial charge in [-0.2, -0.15) is 0 Å². The summed E-state index contributed by atoms with van der Waals surface area (Å²) in [5, 5.41) is 14.4. The fourth-order valence-corrected chi connectivity index (χ4v) is 2.20. The third kappa shape index (κ3) is 5.46. The molecule has 0 aliphatic rings. The summed E-state index contributed by atoms with van der Waals surface area (Å²) in [6.07, 6.45) is 2.26. The van der Waals surface area contributed by atoms with Crippen molar-refractivity contribution in [2.45, 2.75) is 26.2 Å². The Morgan fingerprint density at radius 1 is 0.920 bits per heavy atom. The van der Waals surface area contributed by atoms with Crippen molar-refractivity contribution < 1.29 is 19.5 Å². The first-order chi connectivity index (χ1) is 12.0. The number of nitrogens with one attached hydrogen (secondary N) is 2. The Morgan fingerprint density at radius 3 is 2.28 bits per heavy atom. The van der Waals surface area contributed by atoms with E-state index in [4.69, 9.17) is 5.11 Å². The van der Waals surface area contributed by atoms with Gasteiger partial charge in [-0.05, 0) is 48.9 Å². The Bertz CT molecular complexity index is 769. The van der Waals surface area contributed by atoms with Crippen LogP contribution in [0.25, 0.3) is 0 Å². The molecule has 3 N–H and O–H groups in total. The van der Waals surface area contributed by atoms with Gasteiger partial charge < -0.3 is 15.7 Å². The number of carbonyl (C=O) groups excluding carboxylic acids is 2. The summed E-state index contributed by atoms with van der Waals surface area (Å²) in [4.78, 5) is 34.9. The molecule has 0 heterocycles. The van der Waals surface area contributed by atoms with Crippen molar-refractivity contribution in [2.24, 2.45) is 0 Å². The van der Waals surface area contributed by atoms with E-state index >= 15 is 0 Å². The molecule has 0 aliphatic heterocycles. The average Bonchev–Trinajstić information content (AvgIpc) is 2.60. The second-order valence-electron chi connectivity index (χ2n) is 5.57. The molecule has 0 fully saturated rings. The Morgan fingerprint density at radius 2 is 1.64 bits per heavy atom. The third-order valence-electron chi connectivity index (χ3n) is 3.56. The molecule has 0 radical (unpaired) electrons. The molecule has 0 aromatic heterocycles. The molecule has 0 saturated carbocycles. The molecule has 6 nitrogen and oxygen atoms in total. The predicted molar refractivity (Wildman–Crippen MR) is 96.0 cm³/mol. The van der Waals surface area contributed by atoms with Crippen LogP contribution in [-0.2, 0) is 4.79 Å². The number of rotatable bonds is 7. The molecule has 0 atom stereocenters. The van der Waals surface area contributed by atoms with Gasteiger partial charge in [0.2, 0.25) is 5.91 Å². The molecule has 130 valence electrons. The number of carbonyl (C=O) groups is 3. The van der Waals surface area contributed by atoms with Crippen molar-refractivity contribution in [3.8, 4) is 0 Å². The summed E-state index contributed by atoms with van der Waals surface area (Å²) >= 11 is 0. The van der Waals surface area contributed by atoms with E-state index in [2.05, 4.69) is 10.6 Å². The molecule has 25 heavy (non-hydrogen) atoms. The highest BCUT2D eigenvalue weighted by Gasteiger charge is 2.09. The van der Waals surface area contributed by atoms with Crippen molar-refractivity contribution >= 4 is 29.2 Å². The number of benzene rings is 2. The number of anilines is 2. The molecule has 2 aromatic carbocycles. The average molecular weight is 340 g/mol. The topological polar surface area (TPSA) is 95.5 Å². The molecule has 6 heteroatoms. The van der Waals surface area contributed by atoms with E-state index in [0.29, 0.717) is 23.4 Å². The van der Waals surface area contributed by atoms with Gasteiger partial charge in [0.1, 0.15) is 0 Å². The molecule has 0 aliphatic carbocycles. The van der Waals surface area contributed by atoms with Crippen LogP contribution in [0.1, 0.15) is 46.9 Å². The van der Waals surface area contributed by atoms with Gasteiger partial charge in [-0.15, -0.1) is 0 Å². The summed E-state index contributed by atoms with van der Waals surface area (Å²) in [7, 11) is 0. The van der Waals surface area contributed by atoms with Crippen LogP contribution in [0.3, 0.4) is 0 Å². The lowest BCUT2D eigenvalue weighted by Gasteiger charge is -2.08. The molecule has 0 saturated heterocycles. The van der Waals surface area contributed by atoms with Crippen molar-refractivity contribution in [1.29, 1.82) is 0 Å². The van der Waals surface area contributed by atoms with E-state index in [9.17, 15) is 14.4 Å². The molecular weight excluding hydrogens is 320 g/mol. The second kappa shape index (κ2) is 8.63. The third-order valence-corrected chi connectivity index (χ3v) is 3.56. The monoisotopic (exact) mass is 340 g/mol. The van der Waals surface area contributed by atoms with Crippen LogP contribution in [0.15, 0.2) is 48.5 Å². The van der Waals surface area contributed by atoms with Crippen LogP contribution in [0.4, 0.5) is 11.4 Å². The Balaban J connectivity index is 1.99. The van der Waals surface area contributed by atoms with Gasteiger partial charge in [-0.25, -0.2) is 4.79 Å². The number of amides is 2. The fourth-order valence-electron chi connectivity index (χ4n) is 2.20. The maximum atomic E-state index is 12.2. The maximum absolute atomic E-state index is 12.2. The summed E-state index contributed by atoms with van der Waals surface area (Å²) in [6, 6.07) is 12.5. The molecule has 2 aromatic rings. The minimum atomic E-state index is -1.06. The van der Waals surface area contributed by atoms with E-state index in [-0.39, 0.29) is 17.4 Å². The minimum absolute atomic E-state index is 0.0514. The normalized spacial score (nSPS) is 10.1. The Labute approximate surface area is 145 Å². The van der Waals surface area contributed by atoms with Gasteiger partial charge >= 0.3 is 5.97 Å². The van der Waals surface area contributed by atoms with Gasteiger partial charge in [0.05, 0.1) is 5.56 Å². The number of unbranched alkanes of at least 4 members (excludes halogenated alkanes) is 1. The molecule has 0 unspecified atom stereocenters. The number of hydrogen-bond donors (Lipinski definition) is 3. The fraction of sp³-hybridized carbons (Fsp3) is 0.211. The van der Waals surface area contributed by atoms with Gasteiger partial charge in [0.25, 0.3) is 5.91 Å². The van der Waals surface area contributed by atoms with Crippen LogP contribution < -0.4 is 10.6 Å². The van der Waals surface area contributed by atoms with Gasteiger partial charge in [0, 0.05) is 23.4 Å². The lowest BCUT2D eigenvalue weighted by Crippen LogP contribution is -2.13. The predicted octanol–water partition coefficient (Wildman–Crippen LogP) is 3.77. The lowest BCUT2D eigenvalue weighted by atomic mass is 10.1. The van der Waals surface area contributed by atoms with Crippen LogP contribution in [-0.4, -0.2) is 22.9 Å². The van der Waals surface area contributed by atoms with Gasteiger partial charge in [0.15, 0.2) is 0 Å². The van der Waals surface area contributed by atoms with Crippen LogP contribution >= 0.6 is 0 Å². The number of hydrogen-bond acceptors (Lipinski definition) is 3. The highest BCUT2D eigenvalue weighted by molar-refractivity contribution is 6.05. The number of carboxylic acid groups (broad SMARTS) is 1. The van der Waals surface area contributed by atoms with Gasteiger partial charge in [-0.1, -0.05) is 19.4 Å². The van der Waals surface area contributed by atoms with Crippen molar-refractivity contribution in [3.05, 3.63) is 59.7 Å². The Hall–Kier alpha value is -3.15. The highest BCUT2D eigenvalue weighted by Crippen LogP contribution is 2.15. The summed E-state index contributed by atoms with van der Waals surface area (Å²) in [6.45, 7) is 2.02. The zero-order chi connectivity index (χ0) is 18.2. The smallest absolute Gasteiger partial charge is 0.335 e. The Kier molecular flexibility index (Phi) is 6.28. The molecule has 0 bridgehead atoms. The first kappa shape index (κ1) is 18.2. The lowest BCUT2D eigenvalue weighted by molar-refractivity contribution is -0.116. The molecule has 2 amide bonds. The minimum Gasteiger partial charge on any atom is -0.478 e. The zero-order valence-corrected chi connectivity index (χ0v) is 13.9. The quantitative estimate of drug-likeness (QED) is 0.715. The first-order valence-electron chi connectivity index (χ1n) is 8.04. The largest absolute Gasteiger partial charge is 0.478 e. The van der Waals surface area contributed by atoms with E-state index in [1.807, 2.05) is 6.92 Å². The van der Waals surface area contributed by atoms with Crippen LogP contribution in [0, 0.1) is 0 Å². The van der Waals surface area contributed by atoms with E-state index in [1.165, 1.54) is 12.1 Å². The van der Waals surface area contributed by atoms with E-state index in [1.54, 1.807) is 36.4 Å². The number of aromatic carboxylic acids is 1. The molecule has 0 spiro atoms. The van der Waals surface area contributed by atoms with Crippen molar-refractivity contribution in [2.75, 3.05) is 10.6 Å². The summed E-state index contributed by atoms with van der Waals surface area (Å²) < 4.78 is 0.